The molecule has 98 valence electrons. The van der Waals surface area contributed by atoms with Crippen LogP contribution in [0, 0.1) is 0 Å². The van der Waals surface area contributed by atoms with Gasteiger partial charge in [0.2, 0.25) is 0 Å². The lowest BCUT2D eigenvalue weighted by Gasteiger charge is -2.40. The first-order valence-corrected chi connectivity index (χ1v) is 7.35. The molecule has 0 bridgehead atoms. The van der Waals surface area contributed by atoms with Gasteiger partial charge < -0.3 is 5.73 Å². The molecule has 0 unspecified atom stereocenters. The molecule has 5 nitrogen and oxygen atoms in total. The van der Waals surface area contributed by atoms with Gasteiger partial charge in [-0.2, -0.15) is 12.7 Å². The Hall–Kier alpha value is -0.170. The highest BCUT2D eigenvalue weighted by atomic mass is 32.2. The van der Waals surface area contributed by atoms with E-state index in [1.165, 1.54) is 4.31 Å². The van der Waals surface area contributed by atoms with E-state index >= 15 is 0 Å². The zero-order valence-corrected chi connectivity index (χ0v) is 11.6. The average molecular weight is 251 g/mol. The summed E-state index contributed by atoms with van der Waals surface area (Å²) in [4.78, 5) is 0. The lowest BCUT2D eigenvalue weighted by molar-refractivity contribution is 0.182. The zero-order valence-electron chi connectivity index (χ0n) is 10.8. The van der Waals surface area contributed by atoms with Gasteiger partial charge in [0.1, 0.15) is 0 Å². The van der Waals surface area contributed by atoms with Crippen LogP contribution in [0.3, 0.4) is 0 Å². The summed E-state index contributed by atoms with van der Waals surface area (Å²) in [6.45, 7) is 8.73. The monoisotopic (exact) mass is 251 g/mol. The van der Waals surface area contributed by atoms with Crippen molar-refractivity contribution >= 4 is 10.2 Å². The van der Waals surface area contributed by atoms with Gasteiger partial charge in [0, 0.05) is 25.2 Å². The van der Waals surface area contributed by atoms with Crippen molar-refractivity contribution in [2.24, 2.45) is 5.73 Å². The Morgan fingerprint density at radius 1 is 1.19 bits per heavy atom. The van der Waals surface area contributed by atoms with E-state index in [1.54, 1.807) is 6.92 Å². The molecule has 6 heteroatoms. The fraction of sp³-hybridized carbons (Fsp3) is 1.00. The van der Waals surface area contributed by atoms with E-state index < -0.39 is 15.7 Å². The summed E-state index contributed by atoms with van der Waals surface area (Å²) in [5.41, 5.74) is 5.30. The number of hydrogen-bond donors (Lipinski definition) is 2. The van der Waals surface area contributed by atoms with Gasteiger partial charge in [-0.25, -0.2) is 4.72 Å². The van der Waals surface area contributed by atoms with E-state index in [2.05, 4.69) is 4.72 Å². The lowest BCUT2D eigenvalue weighted by atomic mass is 9.93. The van der Waals surface area contributed by atoms with Crippen LogP contribution in [-0.4, -0.2) is 37.9 Å². The first-order chi connectivity index (χ1) is 7.44. The second-order valence-electron chi connectivity index (χ2n) is 3.80. The van der Waals surface area contributed by atoms with Crippen molar-refractivity contribution in [3.05, 3.63) is 0 Å². The number of nitrogens with one attached hydrogen (secondary N) is 1. The molecule has 0 saturated heterocycles. The van der Waals surface area contributed by atoms with Gasteiger partial charge >= 0.3 is 0 Å². The van der Waals surface area contributed by atoms with Gasteiger partial charge in [-0.3, -0.25) is 0 Å². The molecule has 0 amide bonds. The van der Waals surface area contributed by atoms with Crippen molar-refractivity contribution in [3.8, 4) is 0 Å². The fourth-order valence-electron chi connectivity index (χ4n) is 2.01. The van der Waals surface area contributed by atoms with Crippen LogP contribution in [0.5, 0.6) is 0 Å². The minimum Gasteiger partial charge on any atom is -0.329 e. The van der Waals surface area contributed by atoms with Crippen LogP contribution in [0.2, 0.25) is 0 Å². The first-order valence-electron chi connectivity index (χ1n) is 5.91. The van der Waals surface area contributed by atoms with Crippen molar-refractivity contribution in [3.63, 3.8) is 0 Å². The molecular formula is C10H25N3O2S. The number of nitrogens with two attached hydrogens (primary N) is 1. The molecule has 0 spiro atoms. The molecule has 0 fully saturated rings. The minimum atomic E-state index is -3.41. The summed E-state index contributed by atoms with van der Waals surface area (Å²) in [6.07, 6.45) is 1.44. The Bertz CT molecular complexity index is 278. The predicted molar refractivity (Wildman–Crippen MR) is 67.3 cm³/mol. The lowest BCUT2D eigenvalue weighted by Crippen LogP contribution is -2.58. The van der Waals surface area contributed by atoms with Gasteiger partial charge in [-0.1, -0.05) is 27.7 Å². The molecule has 0 aliphatic carbocycles. The molecule has 0 heterocycles. The number of nitrogens with zero attached hydrogens (tertiary/aromatic N) is 1. The van der Waals surface area contributed by atoms with Gasteiger partial charge in [-0.05, 0) is 12.8 Å². The molecule has 0 rings (SSSR count). The summed E-state index contributed by atoms with van der Waals surface area (Å²) in [5, 5.41) is 0. The maximum absolute atomic E-state index is 12.0. The van der Waals surface area contributed by atoms with E-state index in [1.807, 2.05) is 20.8 Å². The zero-order chi connectivity index (χ0) is 12.8. The fourth-order valence-corrected chi connectivity index (χ4v) is 3.72. The van der Waals surface area contributed by atoms with Crippen molar-refractivity contribution in [1.82, 2.24) is 9.03 Å². The molecule has 0 aromatic rings. The highest BCUT2D eigenvalue weighted by Gasteiger charge is 2.38. The third kappa shape index (κ3) is 3.16. The molecule has 16 heavy (non-hydrogen) atoms. The average Bonchev–Trinajstić information content (AvgIpc) is 2.25. The van der Waals surface area contributed by atoms with Crippen LogP contribution in [0.15, 0.2) is 0 Å². The summed E-state index contributed by atoms with van der Waals surface area (Å²) in [6, 6.07) is 0. The van der Waals surface area contributed by atoms with Crippen molar-refractivity contribution < 1.29 is 8.42 Å². The van der Waals surface area contributed by atoms with Gasteiger partial charge in [0.15, 0.2) is 0 Å². The summed E-state index contributed by atoms with van der Waals surface area (Å²) in [5.74, 6) is 0. The Balaban J connectivity index is 5.24. The molecule has 0 atom stereocenters. The van der Waals surface area contributed by atoms with Crippen LogP contribution in [0.25, 0.3) is 0 Å². The van der Waals surface area contributed by atoms with Crippen LogP contribution in [0.4, 0.5) is 0 Å². The van der Waals surface area contributed by atoms with Gasteiger partial charge in [-0.15, -0.1) is 0 Å². The predicted octanol–water partition coefficient (Wildman–Crippen LogP) is 0.680. The molecular weight excluding hydrogens is 226 g/mol. The largest absolute Gasteiger partial charge is 0.329 e. The molecule has 0 aliphatic rings. The highest BCUT2D eigenvalue weighted by Crippen LogP contribution is 2.25. The SMILES string of the molecule is CCNS(=O)(=O)N(CC)C(CC)(CC)CN. The first kappa shape index (κ1) is 15.8. The van der Waals surface area contributed by atoms with Crippen LogP contribution in [-0.2, 0) is 10.2 Å². The maximum atomic E-state index is 12.0. The van der Waals surface area contributed by atoms with Crippen LogP contribution >= 0.6 is 0 Å². The third-order valence-corrected chi connectivity index (χ3v) is 5.01. The normalized spacial score (nSPS) is 13.4. The van der Waals surface area contributed by atoms with Crippen molar-refractivity contribution in [1.29, 1.82) is 0 Å². The van der Waals surface area contributed by atoms with Gasteiger partial charge in [0.25, 0.3) is 10.2 Å². The van der Waals surface area contributed by atoms with Crippen molar-refractivity contribution in [2.45, 2.75) is 46.1 Å². The standard InChI is InChI=1S/C10H25N3O2S/c1-5-10(6-2,9-11)13(8-4)16(14,15)12-7-3/h12H,5-9,11H2,1-4H3. The van der Waals surface area contributed by atoms with Crippen LogP contribution < -0.4 is 10.5 Å². The Labute approximate surface area is 99.6 Å². The minimum absolute atomic E-state index is 0.346. The second-order valence-corrected chi connectivity index (χ2v) is 5.48. The Morgan fingerprint density at radius 3 is 1.94 bits per heavy atom. The van der Waals surface area contributed by atoms with Gasteiger partial charge in [0.05, 0.1) is 0 Å². The molecule has 0 aromatic heterocycles. The number of likely N-dealkylation sites (N-methyl/N-ethyl adjacent to an activating group) is 1. The summed E-state index contributed by atoms with van der Waals surface area (Å²) < 4.78 is 28.1. The van der Waals surface area contributed by atoms with E-state index in [0.717, 1.165) is 12.8 Å². The molecule has 0 radical (unpaired) electrons. The van der Waals surface area contributed by atoms with E-state index in [0.29, 0.717) is 19.6 Å². The third-order valence-electron chi connectivity index (χ3n) is 3.13. The summed E-state index contributed by atoms with van der Waals surface area (Å²) >= 11 is 0. The smallest absolute Gasteiger partial charge is 0.279 e. The maximum Gasteiger partial charge on any atom is 0.279 e. The molecule has 0 aliphatic heterocycles. The Morgan fingerprint density at radius 2 is 1.69 bits per heavy atom. The quantitative estimate of drug-likeness (QED) is 0.666. The number of hydrogen-bond acceptors (Lipinski definition) is 3. The highest BCUT2D eigenvalue weighted by molar-refractivity contribution is 7.87. The molecule has 3 N–H and O–H groups in total. The van der Waals surface area contributed by atoms with E-state index in [-0.39, 0.29) is 0 Å². The van der Waals surface area contributed by atoms with E-state index in [9.17, 15) is 8.42 Å². The second kappa shape index (κ2) is 6.54. The topological polar surface area (TPSA) is 75.4 Å². The van der Waals surface area contributed by atoms with E-state index in [4.69, 9.17) is 5.73 Å². The molecule has 0 saturated carbocycles. The Kier molecular flexibility index (Phi) is 6.47. The van der Waals surface area contributed by atoms with Crippen molar-refractivity contribution in [2.75, 3.05) is 19.6 Å². The van der Waals surface area contributed by atoms with Crippen LogP contribution in [0.1, 0.15) is 40.5 Å². The number of rotatable bonds is 8. The molecule has 0 aromatic carbocycles. The summed E-state index contributed by atoms with van der Waals surface area (Å²) in [7, 11) is -3.41.